The molecule has 226 valence electrons. The third kappa shape index (κ3) is 4.79. The Hall–Kier alpha value is -5.51. The summed E-state index contributed by atoms with van der Waals surface area (Å²) in [6, 6.07) is 28.5. The summed E-state index contributed by atoms with van der Waals surface area (Å²) >= 11 is 0. The number of hydrogen-bond acceptors (Lipinski definition) is 6. The minimum Gasteiger partial charge on any atom is -0.454 e. The number of nitrogens with one attached hydrogen (secondary N) is 2. The van der Waals surface area contributed by atoms with Crippen molar-refractivity contribution < 1.29 is 19.1 Å². The summed E-state index contributed by atoms with van der Waals surface area (Å²) in [5.41, 5.74) is 5.53. The van der Waals surface area contributed by atoms with Gasteiger partial charge in [-0.15, -0.1) is 0 Å². The highest BCUT2D eigenvalue weighted by Crippen LogP contribution is 2.38. The van der Waals surface area contributed by atoms with Crippen LogP contribution < -0.4 is 20.5 Å². The summed E-state index contributed by atoms with van der Waals surface area (Å²) in [4.78, 5) is 46.2. The largest absolute Gasteiger partial charge is 0.454 e. The molecule has 0 unspecified atom stereocenters. The molecule has 10 heteroatoms. The molecule has 0 saturated carbocycles. The predicted molar refractivity (Wildman–Crippen MR) is 168 cm³/mol. The van der Waals surface area contributed by atoms with Crippen molar-refractivity contribution in [3.63, 3.8) is 0 Å². The van der Waals surface area contributed by atoms with Crippen LogP contribution in [0.15, 0.2) is 95.8 Å². The molecule has 0 bridgehead atoms. The number of carbonyl (C=O) groups excluding carboxylic acids is 2. The summed E-state index contributed by atoms with van der Waals surface area (Å²) in [6.07, 6.45) is 1.04. The Balaban J connectivity index is 0.961. The number of benzene rings is 4. The van der Waals surface area contributed by atoms with Crippen molar-refractivity contribution in [3.8, 4) is 11.5 Å². The number of amides is 2. The number of ether oxygens (including phenoxy) is 2. The fraction of sp³-hybridized carbons (Fsp3) is 0.229. The lowest BCUT2D eigenvalue weighted by molar-refractivity contribution is 0.0694. The van der Waals surface area contributed by atoms with Crippen molar-refractivity contribution in [1.29, 1.82) is 0 Å². The fourth-order valence-electron chi connectivity index (χ4n) is 6.74. The highest BCUT2D eigenvalue weighted by Gasteiger charge is 2.37. The fourth-order valence-corrected chi connectivity index (χ4v) is 6.74. The molecule has 0 radical (unpaired) electrons. The smallest absolute Gasteiger partial charge is 0.326 e. The van der Waals surface area contributed by atoms with E-state index in [0.29, 0.717) is 55.1 Å². The predicted octanol–water partition coefficient (Wildman–Crippen LogP) is 5.30. The number of rotatable bonds is 6. The van der Waals surface area contributed by atoms with Crippen LogP contribution in [0.4, 0.5) is 5.69 Å². The van der Waals surface area contributed by atoms with E-state index in [-0.39, 0.29) is 36.5 Å². The zero-order valence-electron chi connectivity index (χ0n) is 24.4. The van der Waals surface area contributed by atoms with E-state index in [4.69, 9.17) is 9.47 Å². The van der Waals surface area contributed by atoms with Gasteiger partial charge in [0, 0.05) is 48.1 Å². The molecule has 8 rings (SSSR count). The van der Waals surface area contributed by atoms with E-state index < -0.39 is 0 Å². The normalized spacial score (nSPS) is 17.6. The third-order valence-electron chi connectivity index (χ3n) is 9.02. The number of para-hydroxylation sites is 2. The molecule has 4 heterocycles. The number of H-pyrrole nitrogens is 1. The van der Waals surface area contributed by atoms with Gasteiger partial charge in [0.15, 0.2) is 11.5 Å². The van der Waals surface area contributed by atoms with Gasteiger partial charge < -0.3 is 29.6 Å². The maximum Gasteiger partial charge on any atom is 0.326 e. The van der Waals surface area contributed by atoms with Crippen molar-refractivity contribution in [2.75, 3.05) is 25.2 Å². The maximum atomic E-state index is 13.5. The third-order valence-corrected chi connectivity index (χ3v) is 9.02. The molecule has 2 N–H and O–H groups in total. The number of aromatic nitrogens is 2. The number of anilines is 1. The van der Waals surface area contributed by atoms with E-state index in [0.717, 1.165) is 27.8 Å². The maximum absolute atomic E-state index is 13.5. The topological polar surface area (TPSA) is 109 Å². The molecule has 5 aromatic rings. The molecule has 3 aliphatic heterocycles. The first-order valence-corrected chi connectivity index (χ1v) is 15.2. The standard InChI is InChI=1S/C35H31N5O5/c41-33(38-17-15-25(16-18-38)40-29-8-4-3-7-28(29)37-35(40)43)23-10-12-24(13-11-23)36-32-26-5-1-2-6-27(26)34(42)39(32)20-22-9-14-30-31(19-22)45-21-44-30/h1-14,19,25,32,36H,15-18,20-21H2,(H,37,43)/t32-/m0/s1. The number of aromatic amines is 1. The van der Waals surface area contributed by atoms with Gasteiger partial charge in [-0.2, -0.15) is 0 Å². The van der Waals surface area contributed by atoms with Gasteiger partial charge in [0.2, 0.25) is 6.79 Å². The Morgan fingerprint density at radius 2 is 1.62 bits per heavy atom. The summed E-state index contributed by atoms with van der Waals surface area (Å²) in [5.74, 6) is 1.30. The first-order chi connectivity index (χ1) is 22.0. The molecule has 1 saturated heterocycles. The summed E-state index contributed by atoms with van der Waals surface area (Å²) in [7, 11) is 0. The van der Waals surface area contributed by atoms with Crippen LogP contribution in [-0.4, -0.2) is 51.0 Å². The van der Waals surface area contributed by atoms with Crippen molar-refractivity contribution in [3.05, 3.63) is 124 Å². The molecule has 1 fully saturated rings. The van der Waals surface area contributed by atoms with Crippen LogP contribution in [0.2, 0.25) is 0 Å². The van der Waals surface area contributed by atoms with Crippen molar-refractivity contribution in [1.82, 2.24) is 19.4 Å². The van der Waals surface area contributed by atoms with Crippen LogP contribution in [0.1, 0.15) is 56.9 Å². The average molecular weight is 602 g/mol. The van der Waals surface area contributed by atoms with Gasteiger partial charge in [0.05, 0.1) is 11.0 Å². The first kappa shape index (κ1) is 27.1. The first-order valence-electron chi connectivity index (χ1n) is 15.2. The molecule has 45 heavy (non-hydrogen) atoms. The van der Waals surface area contributed by atoms with Gasteiger partial charge in [0.1, 0.15) is 6.17 Å². The summed E-state index contributed by atoms with van der Waals surface area (Å²) in [6.45, 7) is 1.73. The highest BCUT2D eigenvalue weighted by molar-refractivity contribution is 5.99. The second-order valence-corrected chi connectivity index (χ2v) is 11.7. The van der Waals surface area contributed by atoms with Gasteiger partial charge in [-0.1, -0.05) is 36.4 Å². The van der Waals surface area contributed by atoms with Crippen LogP contribution in [0, 0.1) is 0 Å². The summed E-state index contributed by atoms with van der Waals surface area (Å²) < 4.78 is 12.8. The highest BCUT2D eigenvalue weighted by atomic mass is 16.7. The molecular weight excluding hydrogens is 570 g/mol. The molecule has 1 atom stereocenters. The Kier molecular flexibility index (Phi) is 6.55. The lowest BCUT2D eigenvalue weighted by atomic mass is 10.0. The van der Waals surface area contributed by atoms with Gasteiger partial charge in [-0.25, -0.2) is 4.79 Å². The Labute approximate surface area is 258 Å². The zero-order valence-corrected chi connectivity index (χ0v) is 24.4. The summed E-state index contributed by atoms with van der Waals surface area (Å²) in [5, 5.41) is 3.53. The van der Waals surface area contributed by atoms with Crippen LogP contribution >= 0.6 is 0 Å². The van der Waals surface area contributed by atoms with E-state index in [2.05, 4.69) is 10.3 Å². The van der Waals surface area contributed by atoms with Crippen LogP contribution in [0.5, 0.6) is 11.5 Å². The monoisotopic (exact) mass is 601 g/mol. The average Bonchev–Trinajstić information content (AvgIpc) is 3.75. The van der Waals surface area contributed by atoms with Crippen molar-refractivity contribution in [2.45, 2.75) is 31.6 Å². The van der Waals surface area contributed by atoms with E-state index in [1.807, 2.05) is 105 Å². The van der Waals surface area contributed by atoms with Gasteiger partial charge in [-0.3, -0.25) is 14.2 Å². The van der Waals surface area contributed by atoms with Crippen LogP contribution in [0.3, 0.4) is 0 Å². The Bertz CT molecular complexity index is 1990. The van der Waals surface area contributed by atoms with Gasteiger partial charge in [0.25, 0.3) is 11.8 Å². The van der Waals surface area contributed by atoms with E-state index in [1.165, 1.54) is 0 Å². The molecule has 2 amide bonds. The molecule has 3 aliphatic rings. The lowest BCUT2D eigenvalue weighted by Crippen LogP contribution is -2.40. The molecular formula is C35H31N5O5. The van der Waals surface area contributed by atoms with Gasteiger partial charge in [-0.05, 0) is 73.0 Å². The number of piperidine rings is 1. The number of nitrogens with zero attached hydrogens (tertiary/aromatic N) is 3. The Morgan fingerprint density at radius 3 is 2.47 bits per heavy atom. The SMILES string of the molecule is O=C(c1ccc(N[C@@H]2c3ccccc3C(=O)N2Cc2ccc3c(c2)OCO3)cc1)N1CCC(n2c(=O)[nH]c3ccccc32)CC1. The van der Waals surface area contributed by atoms with Crippen molar-refractivity contribution >= 4 is 28.5 Å². The molecule has 0 aliphatic carbocycles. The van der Waals surface area contributed by atoms with E-state index >= 15 is 0 Å². The quantitative estimate of drug-likeness (QED) is 0.273. The number of fused-ring (bicyclic) bond motifs is 3. The minimum atomic E-state index is -0.382. The number of hydrogen-bond donors (Lipinski definition) is 2. The molecule has 4 aromatic carbocycles. The molecule has 0 spiro atoms. The zero-order chi connectivity index (χ0) is 30.5. The number of imidazole rings is 1. The second-order valence-electron chi connectivity index (χ2n) is 11.7. The van der Waals surface area contributed by atoms with Gasteiger partial charge >= 0.3 is 5.69 Å². The van der Waals surface area contributed by atoms with Crippen molar-refractivity contribution in [2.24, 2.45) is 0 Å². The number of likely N-dealkylation sites (tertiary alicyclic amines) is 1. The second kappa shape index (κ2) is 10.9. The van der Waals surface area contributed by atoms with E-state index in [9.17, 15) is 14.4 Å². The number of carbonyl (C=O) groups is 2. The molecule has 1 aromatic heterocycles. The Morgan fingerprint density at radius 1 is 0.867 bits per heavy atom. The van der Waals surface area contributed by atoms with E-state index in [1.54, 1.807) is 0 Å². The van der Waals surface area contributed by atoms with Crippen LogP contribution in [0.25, 0.3) is 11.0 Å². The molecule has 10 nitrogen and oxygen atoms in total. The van der Waals surface area contributed by atoms with Crippen LogP contribution in [-0.2, 0) is 6.54 Å². The lowest BCUT2D eigenvalue weighted by Gasteiger charge is -2.32. The minimum absolute atomic E-state index is 0.0305.